The lowest BCUT2D eigenvalue weighted by atomic mass is 10.1. The Kier molecular flexibility index (Phi) is 4.52. The van der Waals surface area contributed by atoms with Gasteiger partial charge in [0.15, 0.2) is 0 Å². The van der Waals surface area contributed by atoms with Crippen molar-refractivity contribution in [2.45, 2.75) is 19.8 Å². The smallest absolute Gasteiger partial charge is 0.335 e. The third kappa shape index (κ3) is 3.47. The highest BCUT2D eigenvalue weighted by Crippen LogP contribution is 2.32. The Labute approximate surface area is 142 Å². The van der Waals surface area contributed by atoms with Gasteiger partial charge in [0.25, 0.3) is 0 Å². The molecule has 5 nitrogen and oxygen atoms in total. The molecule has 0 atom stereocenters. The number of aryl methyl sites for hydroxylation is 1. The Hall–Kier alpha value is -2.08. The van der Waals surface area contributed by atoms with Crippen LogP contribution in [0, 0.1) is 6.92 Å². The molecule has 1 aliphatic rings. The van der Waals surface area contributed by atoms with Crippen molar-refractivity contribution in [3.63, 3.8) is 0 Å². The first-order valence-corrected chi connectivity index (χ1v) is 8.26. The van der Waals surface area contributed by atoms with E-state index in [1.54, 1.807) is 24.4 Å². The van der Waals surface area contributed by atoms with Gasteiger partial charge < -0.3 is 14.4 Å². The zero-order valence-electron chi connectivity index (χ0n) is 12.8. The summed E-state index contributed by atoms with van der Waals surface area (Å²) >= 11 is 3.53. The highest BCUT2D eigenvalue weighted by Gasteiger charge is 2.19. The lowest BCUT2D eigenvalue weighted by molar-refractivity contribution is 0.0697. The number of hydrogen-bond acceptors (Lipinski definition) is 4. The molecular weight excluding hydrogens is 360 g/mol. The fraction of sp³-hybridized carbons (Fsp3) is 0.294. The van der Waals surface area contributed by atoms with E-state index >= 15 is 0 Å². The van der Waals surface area contributed by atoms with Gasteiger partial charge in [-0.2, -0.15) is 0 Å². The number of halogens is 1. The number of rotatable bonds is 4. The minimum absolute atomic E-state index is 0.263. The molecule has 0 bridgehead atoms. The summed E-state index contributed by atoms with van der Waals surface area (Å²) in [6, 6.07) is 6.77. The number of hydrogen-bond donors (Lipinski definition) is 1. The lowest BCUT2D eigenvalue weighted by Gasteiger charge is -2.13. The highest BCUT2D eigenvalue weighted by atomic mass is 79.9. The van der Waals surface area contributed by atoms with Gasteiger partial charge in [-0.25, -0.2) is 4.79 Å². The number of anilines is 1. The van der Waals surface area contributed by atoms with Crippen molar-refractivity contribution < 1.29 is 14.3 Å². The molecule has 0 spiro atoms. The van der Waals surface area contributed by atoms with Gasteiger partial charge in [0.05, 0.1) is 21.9 Å². The highest BCUT2D eigenvalue weighted by molar-refractivity contribution is 9.10. The second-order valence-corrected chi connectivity index (χ2v) is 6.41. The molecule has 23 heavy (non-hydrogen) atoms. The van der Waals surface area contributed by atoms with Crippen LogP contribution in [0.5, 0.6) is 0 Å². The third-order valence-corrected chi connectivity index (χ3v) is 4.42. The first-order chi connectivity index (χ1) is 11.0. The molecule has 1 aromatic heterocycles. The van der Waals surface area contributed by atoms with E-state index in [1.165, 1.54) is 12.8 Å². The number of aliphatic imine (C=N–C) groups is 1. The van der Waals surface area contributed by atoms with E-state index in [9.17, 15) is 4.79 Å². The lowest BCUT2D eigenvalue weighted by Crippen LogP contribution is -2.17. The maximum Gasteiger partial charge on any atom is 0.335 e. The summed E-state index contributed by atoms with van der Waals surface area (Å²) in [6.07, 6.45) is 4.03. The molecule has 0 radical (unpaired) electrons. The molecule has 0 aliphatic carbocycles. The van der Waals surface area contributed by atoms with Crippen LogP contribution in [0.15, 0.2) is 38.1 Å². The van der Waals surface area contributed by atoms with Gasteiger partial charge in [-0.1, -0.05) is 0 Å². The van der Waals surface area contributed by atoms with Crippen LogP contribution >= 0.6 is 15.9 Å². The molecule has 1 N–H and O–H groups in total. The third-order valence-electron chi connectivity index (χ3n) is 3.86. The number of carboxylic acid groups (broad SMARTS) is 1. The fourth-order valence-electron chi connectivity index (χ4n) is 2.64. The number of benzene rings is 1. The standard InChI is InChI=1S/C17H17BrN2O3/c1-11-8-12(17(21)22)4-5-15(11)19-10-13-9-14(18)16(23-13)20-6-2-3-7-20/h4-5,8-10H,2-3,6-7H2,1H3,(H,21,22). The number of carboxylic acids is 1. The molecule has 0 amide bonds. The van der Waals surface area contributed by atoms with Crippen molar-refractivity contribution >= 4 is 39.7 Å². The number of aromatic carboxylic acids is 1. The summed E-state index contributed by atoms with van der Waals surface area (Å²) in [5.41, 5.74) is 1.80. The van der Waals surface area contributed by atoms with Gasteiger partial charge >= 0.3 is 5.97 Å². The van der Waals surface area contributed by atoms with Gasteiger partial charge in [0.2, 0.25) is 5.88 Å². The Bertz CT molecular complexity index is 761. The van der Waals surface area contributed by atoms with Crippen LogP contribution in [0.1, 0.15) is 34.5 Å². The Balaban J connectivity index is 1.80. The van der Waals surface area contributed by atoms with Gasteiger partial charge in [0.1, 0.15) is 5.76 Å². The second-order valence-electron chi connectivity index (χ2n) is 5.56. The summed E-state index contributed by atoms with van der Waals surface area (Å²) < 4.78 is 6.79. The van der Waals surface area contributed by atoms with E-state index in [4.69, 9.17) is 9.52 Å². The van der Waals surface area contributed by atoms with E-state index in [1.807, 2.05) is 13.0 Å². The largest absolute Gasteiger partial charge is 0.478 e. The first kappa shape index (κ1) is 15.8. The van der Waals surface area contributed by atoms with E-state index < -0.39 is 5.97 Å². The number of nitrogens with zero attached hydrogens (tertiary/aromatic N) is 2. The van der Waals surface area contributed by atoms with E-state index in [2.05, 4.69) is 25.8 Å². The molecule has 1 aliphatic heterocycles. The predicted molar refractivity (Wildman–Crippen MR) is 93.2 cm³/mol. The van der Waals surface area contributed by atoms with E-state index in [0.29, 0.717) is 5.76 Å². The Morgan fingerprint density at radius 1 is 1.35 bits per heavy atom. The SMILES string of the molecule is Cc1cc(C(=O)O)ccc1N=Cc1cc(Br)c(N2CCCC2)o1. The number of furan rings is 1. The van der Waals surface area contributed by atoms with Crippen LogP contribution in [0.2, 0.25) is 0 Å². The Morgan fingerprint density at radius 3 is 2.74 bits per heavy atom. The van der Waals surface area contributed by atoms with Crippen molar-refractivity contribution in [1.29, 1.82) is 0 Å². The summed E-state index contributed by atoms with van der Waals surface area (Å²) in [7, 11) is 0. The molecule has 0 unspecified atom stereocenters. The van der Waals surface area contributed by atoms with Crippen molar-refractivity contribution in [2.24, 2.45) is 4.99 Å². The molecule has 2 heterocycles. The Morgan fingerprint density at radius 2 is 2.09 bits per heavy atom. The van der Waals surface area contributed by atoms with Gasteiger partial charge in [-0.3, -0.25) is 4.99 Å². The van der Waals surface area contributed by atoms with Crippen molar-refractivity contribution in [3.05, 3.63) is 45.6 Å². The zero-order chi connectivity index (χ0) is 16.4. The maximum absolute atomic E-state index is 10.9. The summed E-state index contributed by atoms with van der Waals surface area (Å²) in [4.78, 5) is 17.6. The summed E-state index contributed by atoms with van der Waals surface area (Å²) in [6.45, 7) is 3.86. The molecule has 1 aromatic carbocycles. The quantitative estimate of drug-likeness (QED) is 0.803. The van der Waals surface area contributed by atoms with Crippen LogP contribution in [-0.2, 0) is 0 Å². The molecule has 1 saturated heterocycles. The van der Waals surface area contributed by atoms with Gasteiger partial charge in [-0.05, 0) is 59.5 Å². The van der Waals surface area contributed by atoms with Crippen LogP contribution in [0.25, 0.3) is 0 Å². The van der Waals surface area contributed by atoms with Crippen molar-refractivity contribution in [1.82, 2.24) is 0 Å². The molecular formula is C17H17BrN2O3. The average Bonchev–Trinajstić information content (AvgIpc) is 3.15. The van der Waals surface area contributed by atoms with Gasteiger partial charge in [-0.15, -0.1) is 0 Å². The van der Waals surface area contributed by atoms with E-state index in [0.717, 1.165) is 34.7 Å². The number of carbonyl (C=O) groups is 1. The minimum atomic E-state index is -0.936. The molecule has 3 rings (SSSR count). The van der Waals surface area contributed by atoms with Crippen molar-refractivity contribution in [3.8, 4) is 0 Å². The monoisotopic (exact) mass is 376 g/mol. The van der Waals surface area contributed by atoms with Crippen LogP contribution < -0.4 is 4.90 Å². The topological polar surface area (TPSA) is 66.0 Å². The van der Waals surface area contributed by atoms with Crippen LogP contribution in [0.3, 0.4) is 0 Å². The molecule has 0 saturated carbocycles. The van der Waals surface area contributed by atoms with Crippen molar-refractivity contribution in [2.75, 3.05) is 18.0 Å². The fourth-order valence-corrected chi connectivity index (χ4v) is 3.20. The van der Waals surface area contributed by atoms with E-state index in [-0.39, 0.29) is 5.56 Å². The average molecular weight is 377 g/mol. The maximum atomic E-state index is 10.9. The summed E-state index contributed by atoms with van der Waals surface area (Å²) in [5, 5.41) is 8.98. The predicted octanol–water partition coefficient (Wildman–Crippen LogP) is 4.40. The normalized spacial score (nSPS) is 14.8. The van der Waals surface area contributed by atoms with Gasteiger partial charge in [0, 0.05) is 19.2 Å². The molecule has 2 aromatic rings. The molecule has 120 valence electrons. The van der Waals surface area contributed by atoms with Crippen LogP contribution in [0.4, 0.5) is 11.6 Å². The second kappa shape index (κ2) is 6.58. The first-order valence-electron chi connectivity index (χ1n) is 7.47. The van der Waals surface area contributed by atoms with Crippen LogP contribution in [-0.4, -0.2) is 30.4 Å². The minimum Gasteiger partial charge on any atom is -0.478 e. The molecule has 6 heteroatoms. The summed E-state index contributed by atoms with van der Waals surface area (Å²) in [5.74, 6) is 0.580. The molecule has 1 fully saturated rings. The zero-order valence-corrected chi connectivity index (χ0v) is 14.3.